The first kappa shape index (κ1) is 18.2. The summed E-state index contributed by atoms with van der Waals surface area (Å²) in [5.74, 6) is 0.441. The number of aromatic nitrogens is 1. The summed E-state index contributed by atoms with van der Waals surface area (Å²) in [4.78, 5) is 16.5. The van der Waals surface area contributed by atoms with E-state index in [0.29, 0.717) is 22.6 Å². The van der Waals surface area contributed by atoms with Gasteiger partial charge in [-0.3, -0.25) is 4.79 Å². The van der Waals surface area contributed by atoms with Crippen molar-refractivity contribution in [1.82, 2.24) is 4.98 Å². The number of hydrogen-bond acceptors (Lipinski definition) is 4. The lowest BCUT2D eigenvalue weighted by molar-refractivity contribution is -0.136. The predicted molar refractivity (Wildman–Crippen MR) is 101 cm³/mol. The number of thioether (sulfide) groups is 1. The summed E-state index contributed by atoms with van der Waals surface area (Å²) in [6, 6.07) is 9.69. The summed E-state index contributed by atoms with van der Waals surface area (Å²) in [5, 5.41) is 10.4. The number of halogens is 1. The normalized spacial score (nSPS) is 10.9. The van der Waals surface area contributed by atoms with E-state index in [4.69, 9.17) is 9.84 Å². The Bertz CT molecular complexity index is 975. The molecular formula is C20H18FNO3S. The quantitative estimate of drug-likeness (QED) is 0.603. The van der Waals surface area contributed by atoms with Crippen LogP contribution in [0.15, 0.2) is 47.5 Å². The molecule has 0 aliphatic heterocycles. The maximum absolute atomic E-state index is 13.7. The van der Waals surface area contributed by atoms with Crippen LogP contribution in [0.5, 0.6) is 11.6 Å². The maximum Gasteiger partial charge on any atom is 0.307 e. The van der Waals surface area contributed by atoms with Crippen LogP contribution in [0.2, 0.25) is 0 Å². The number of carboxylic acid groups (broad SMARTS) is 1. The first-order valence-electron chi connectivity index (χ1n) is 8.17. The Labute approximate surface area is 155 Å². The second-order valence-electron chi connectivity index (χ2n) is 5.86. The molecule has 1 aromatic heterocycles. The molecule has 0 fully saturated rings. The number of fused-ring (bicyclic) bond motifs is 1. The largest absolute Gasteiger partial charge is 0.481 e. The van der Waals surface area contributed by atoms with Crippen LogP contribution in [0, 0.1) is 12.7 Å². The molecule has 0 aliphatic carbocycles. The molecule has 1 N–H and O–H groups in total. The molecule has 0 saturated heterocycles. The van der Waals surface area contributed by atoms with E-state index in [2.05, 4.69) is 11.9 Å². The molecule has 1 heterocycles. The molecule has 0 atom stereocenters. The molecule has 0 unspecified atom stereocenters. The maximum atomic E-state index is 13.7. The van der Waals surface area contributed by atoms with Gasteiger partial charge in [0.2, 0.25) is 5.88 Å². The summed E-state index contributed by atoms with van der Waals surface area (Å²) in [6.07, 6.45) is 1.60. The lowest BCUT2D eigenvalue weighted by Gasteiger charge is -2.13. The van der Waals surface area contributed by atoms with E-state index in [0.717, 1.165) is 21.6 Å². The highest BCUT2D eigenvalue weighted by Crippen LogP contribution is 2.33. The first-order chi connectivity index (χ1) is 12.5. The van der Waals surface area contributed by atoms with Gasteiger partial charge >= 0.3 is 5.97 Å². The number of nitrogens with zero attached hydrogens (tertiary/aromatic N) is 1. The zero-order chi connectivity index (χ0) is 18.7. The van der Waals surface area contributed by atoms with Crippen molar-refractivity contribution in [3.05, 3.63) is 59.5 Å². The van der Waals surface area contributed by atoms with Crippen LogP contribution in [-0.4, -0.2) is 21.8 Å². The van der Waals surface area contributed by atoms with E-state index in [9.17, 15) is 9.18 Å². The van der Waals surface area contributed by atoms with Crippen LogP contribution >= 0.6 is 11.8 Å². The van der Waals surface area contributed by atoms with Gasteiger partial charge in [-0.15, -0.1) is 11.8 Å². The predicted octanol–water partition coefficient (Wildman–Crippen LogP) is 5.21. The van der Waals surface area contributed by atoms with Crippen LogP contribution in [-0.2, 0) is 11.2 Å². The van der Waals surface area contributed by atoms with E-state index in [-0.39, 0.29) is 12.2 Å². The third kappa shape index (κ3) is 4.14. The van der Waals surface area contributed by atoms with Gasteiger partial charge in [0, 0.05) is 22.0 Å². The van der Waals surface area contributed by atoms with Crippen molar-refractivity contribution in [3.8, 4) is 11.6 Å². The lowest BCUT2D eigenvalue weighted by Crippen LogP contribution is -2.01. The van der Waals surface area contributed by atoms with E-state index in [1.807, 2.05) is 13.0 Å². The molecule has 134 valence electrons. The first-order valence-corrected chi connectivity index (χ1v) is 9.16. The Morgan fingerprint density at radius 2 is 2.08 bits per heavy atom. The third-order valence-corrected chi connectivity index (χ3v) is 4.66. The summed E-state index contributed by atoms with van der Waals surface area (Å²) >= 11 is 1.69. The Kier molecular flexibility index (Phi) is 5.42. The van der Waals surface area contributed by atoms with Gasteiger partial charge in [-0.25, -0.2) is 9.37 Å². The van der Waals surface area contributed by atoms with Crippen molar-refractivity contribution >= 4 is 28.5 Å². The number of aryl methyl sites for hydroxylation is 1. The molecular weight excluding hydrogens is 353 g/mol. The number of pyridine rings is 1. The molecule has 4 nitrogen and oxygen atoms in total. The topological polar surface area (TPSA) is 59.4 Å². The van der Waals surface area contributed by atoms with E-state index in [1.54, 1.807) is 36.2 Å². The van der Waals surface area contributed by atoms with Crippen molar-refractivity contribution in [3.63, 3.8) is 0 Å². The summed E-state index contributed by atoms with van der Waals surface area (Å²) < 4.78 is 19.7. The fourth-order valence-electron chi connectivity index (χ4n) is 2.71. The fraction of sp³-hybridized carbons (Fsp3) is 0.200. The van der Waals surface area contributed by atoms with E-state index in [1.165, 1.54) is 12.1 Å². The standard InChI is InChI=1S/C20H18FNO3S/c1-3-26-16-6-12(2)20(22-11-16)25-18-8-13(9-19(23)24)7-14-4-5-15(21)10-17(14)18/h4-8,10-11H,3,9H2,1-2H3,(H,23,24). The Morgan fingerprint density at radius 3 is 2.77 bits per heavy atom. The zero-order valence-corrected chi connectivity index (χ0v) is 15.3. The Balaban J connectivity index is 2.05. The molecule has 3 aromatic rings. The fourth-order valence-corrected chi connectivity index (χ4v) is 3.43. The molecule has 0 saturated carbocycles. The minimum Gasteiger partial charge on any atom is -0.481 e. The molecule has 0 amide bonds. The second kappa shape index (κ2) is 7.74. The number of rotatable bonds is 6. The lowest BCUT2D eigenvalue weighted by atomic mass is 10.0. The number of ether oxygens (including phenoxy) is 1. The average Bonchev–Trinajstić information content (AvgIpc) is 2.57. The number of aliphatic carboxylic acids is 1. The van der Waals surface area contributed by atoms with Crippen LogP contribution < -0.4 is 4.74 Å². The smallest absolute Gasteiger partial charge is 0.307 e. The van der Waals surface area contributed by atoms with Crippen molar-refractivity contribution in [2.24, 2.45) is 0 Å². The summed E-state index contributed by atoms with van der Waals surface area (Å²) in [7, 11) is 0. The van der Waals surface area contributed by atoms with Gasteiger partial charge in [0.15, 0.2) is 0 Å². The Morgan fingerprint density at radius 1 is 1.27 bits per heavy atom. The molecule has 6 heteroatoms. The molecule has 0 bridgehead atoms. The molecule has 26 heavy (non-hydrogen) atoms. The molecule has 0 spiro atoms. The average molecular weight is 371 g/mol. The SMILES string of the molecule is CCSc1cnc(Oc2cc(CC(=O)O)cc3ccc(F)cc23)c(C)c1. The van der Waals surface area contributed by atoms with Crippen molar-refractivity contribution in [2.75, 3.05) is 5.75 Å². The number of hydrogen-bond donors (Lipinski definition) is 1. The molecule has 3 rings (SSSR count). The highest BCUT2D eigenvalue weighted by Gasteiger charge is 2.12. The Hall–Kier alpha value is -2.60. The number of carbonyl (C=O) groups is 1. The van der Waals surface area contributed by atoms with Crippen LogP contribution in [0.1, 0.15) is 18.1 Å². The van der Waals surface area contributed by atoms with Gasteiger partial charge in [0.05, 0.1) is 6.42 Å². The number of benzene rings is 2. The van der Waals surface area contributed by atoms with Gasteiger partial charge < -0.3 is 9.84 Å². The summed E-state index contributed by atoms with van der Waals surface area (Å²) in [5.41, 5.74) is 1.44. The molecule has 0 radical (unpaired) electrons. The van der Waals surface area contributed by atoms with E-state index >= 15 is 0 Å². The van der Waals surface area contributed by atoms with Crippen LogP contribution in [0.3, 0.4) is 0 Å². The van der Waals surface area contributed by atoms with Crippen molar-refractivity contribution in [1.29, 1.82) is 0 Å². The highest BCUT2D eigenvalue weighted by molar-refractivity contribution is 7.99. The van der Waals surface area contributed by atoms with Crippen LogP contribution in [0.4, 0.5) is 4.39 Å². The second-order valence-corrected chi connectivity index (χ2v) is 7.20. The van der Waals surface area contributed by atoms with Crippen molar-refractivity contribution in [2.45, 2.75) is 25.2 Å². The number of carboxylic acids is 1. The van der Waals surface area contributed by atoms with Gasteiger partial charge in [0.25, 0.3) is 0 Å². The monoisotopic (exact) mass is 371 g/mol. The minimum absolute atomic E-state index is 0.137. The van der Waals surface area contributed by atoms with Gasteiger partial charge in [-0.2, -0.15) is 0 Å². The van der Waals surface area contributed by atoms with Gasteiger partial charge in [-0.1, -0.05) is 19.1 Å². The van der Waals surface area contributed by atoms with Crippen molar-refractivity contribution < 1.29 is 19.0 Å². The minimum atomic E-state index is -0.937. The molecule has 0 aliphatic rings. The van der Waals surface area contributed by atoms with E-state index < -0.39 is 5.97 Å². The van der Waals surface area contributed by atoms with Gasteiger partial charge in [0.1, 0.15) is 11.6 Å². The third-order valence-electron chi connectivity index (χ3n) is 3.82. The van der Waals surface area contributed by atoms with Crippen LogP contribution in [0.25, 0.3) is 10.8 Å². The zero-order valence-electron chi connectivity index (χ0n) is 14.5. The van der Waals surface area contributed by atoms with Gasteiger partial charge in [-0.05, 0) is 47.9 Å². The summed E-state index contributed by atoms with van der Waals surface area (Å²) in [6.45, 7) is 3.96. The highest BCUT2D eigenvalue weighted by atomic mass is 32.2. The molecule has 2 aromatic carbocycles.